The maximum absolute atomic E-state index is 12.4. The predicted molar refractivity (Wildman–Crippen MR) is 98.5 cm³/mol. The highest BCUT2D eigenvalue weighted by Gasteiger charge is 2.25. The van der Waals surface area contributed by atoms with Gasteiger partial charge in [-0.25, -0.2) is 4.79 Å². The number of phenolic OH excluding ortho intramolecular Hbond substituents is 1. The van der Waals surface area contributed by atoms with Gasteiger partial charge in [-0.3, -0.25) is 14.4 Å². The van der Waals surface area contributed by atoms with Gasteiger partial charge in [-0.15, -0.1) is 0 Å². The molecule has 29 heavy (non-hydrogen) atoms. The van der Waals surface area contributed by atoms with Gasteiger partial charge in [0.25, 0.3) is 0 Å². The van der Waals surface area contributed by atoms with E-state index in [1.807, 2.05) is 5.32 Å². The normalized spacial score (nSPS) is 13.6. The summed E-state index contributed by atoms with van der Waals surface area (Å²) in [7, 11) is 0. The summed E-state index contributed by atoms with van der Waals surface area (Å²) in [6, 6.07) is 1.90. The molecule has 0 aliphatic rings. The lowest BCUT2D eigenvalue weighted by Crippen LogP contribution is -2.55. The van der Waals surface area contributed by atoms with E-state index in [-0.39, 0.29) is 12.2 Å². The fourth-order valence-corrected chi connectivity index (χ4v) is 2.16. The number of nitrogens with one attached hydrogen (secondary N) is 3. The van der Waals surface area contributed by atoms with Gasteiger partial charge in [0.2, 0.25) is 17.7 Å². The standard InChI is InChI=1S/C17H24N4O8/c18-11(7-22)15(26)21-12(5-9-1-3-10(24)4-2-9)16(27)19-6-14(25)20-13(8-23)17(28)29/h1-4,11-13,22-24H,5-8,18H2,(H,19,27)(H,20,25)(H,21,26)(H,28,29). The number of hydrogen-bond donors (Lipinski definition) is 8. The van der Waals surface area contributed by atoms with Crippen molar-refractivity contribution in [1.29, 1.82) is 0 Å². The van der Waals surface area contributed by atoms with Crippen LogP contribution in [0.3, 0.4) is 0 Å². The Morgan fingerprint density at radius 1 is 0.931 bits per heavy atom. The van der Waals surface area contributed by atoms with Crippen molar-refractivity contribution in [3.05, 3.63) is 29.8 Å². The highest BCUT2D eigenvalue weighted by atomic mass is 16.4. The van der Waals surface area contributed by atoms with Crippen LogP contribution in [0.4, 0.5) is 0 Å². The number of hydrogen-bond acceptors (Lipinski definition) is 8. The molecule has 0 saturated heterocycles. The van der Waals surface area contributed by atoms with Crippen molar-refractivity contribution in [3.63, 3.8) is 0 Å². The van der Waals surface area contributed by atoms with Crippen molar-refractivity contribution in [2.45, 2.75) is 24.5 Å². The van der Waals surface area contributed by atoms with E-state index in [0.29, 0.717) is 5.56 Å². The van der Waals surface area contributed by atoms with Crippen LogP contribution in [0.2, 0.25) is 0 Å². The summed E-state index contributed by atoms with van der Waals surface area (Å²) in [6.45, 7) is -2.07. The molecule has 3 atom stereocenters. The second kappa shape index (κ2) is 11.6. The molecule has 12 heteroatoms. The number of aliphatic carboxylic acids is 1. The summed E-state index contributed by atoms with van der Waals surface area (Å²) < 4.78 is 0. The number of carboxylic acid groups (broad SMARTS) is 1. The number of phenols is 1. The van der Waals surface area contributed by atoms with Crippen molar-refractivity contribution >= 4 is 23.7 Å². The zero-order valence-electron chi connectivity index (χ0n) is 15.4. The summed E-state index contributed by atoms with van der Waals surface area (Å²) in [6.07, 6.45) is -0.00792. The molecule has 0 aliphatic heterocycles. The fraction of sp³-hybridized carbons (Fsp3) is 0.412. The van der Waals surface area contributed by atoms with E-state index in [2.05, 4.69) is 10.6 Å². The van der Waals surface area contributed by atoms with Gasteiger partial charge in [0, 0.05) is 6.42 Å². The number of nitrogens with two attached hydrogens (primary N) is 1. The van der Waals surface area contributed by atoms with E-state index >= 15 is 0 Å². The summed E-state index contributed by atoms with van der Waals surface area (Å²) in [4.78, 5) is 46.9. The molecule has 0 fully saturated rings. The minimum atomic E-state index is -1.52. The number of aliphatic hydroxyl groups is 2. The van der Waals surface area contributed by atoms with Gasteiger partial charge in [0.05, 0.1) is 19.8 Å². The lowest BCUT2D eigenvalue weighted by molar-refractivity contribution is -0.142. The number of aromatic hydroxyl groups is 1. The number of amides is 3. The first-order valence-electron chi connectivity index (χ1n) is 8.53. The molecule has 0 heterocycles. The monoisotopic (exact) mass is 412 g/mol. The Morgan fingerprint density at radius 2 is 1.55 bits per heavy atom. The van der Waals surface area contributed by atoms with E-state index in [9.17, 15) is 24.3 Å². The minimum Gasteiger partial charge on any atom is -0.508 e. The SMILES string of the molecule is NC(CO)C(=O)NC(Cc1ccc(O)cc1)C(=O)NCC(=O)NC(CO)C(=O)O. The highest BCUT2D eigenvalue weighted by molar-refractivity contribution is 5.92. The Morgan fingerprint density at radius 3 is 2.07 bits per heavy atom. The molecule has 3 amide bonds. The van der Waals surface area contributed by atoms with Gasteiger partial charge < -0.3 is 42.1 Å². The molecule has 1 aromatic rings. The van der Waals surface area contributed by atoms with Crippen molar-refractivity contribution in [2.24, 2.45) is 5.73 Å². The third kappa shape index (κ3) is 8.13. The zero-order valence-corrected chi connectivity index (χ0v) is 15.4. The molecule has 0 spiro atoms. The highest BCUT2D eigenvalue weighted by Crippen LogP contribution is 2.11. The van der Waals surface area contributed by atoms with Gasteiger partial charge in [-0.05, 0) is 17.7 Å². The van der Waals surface area contributed by atoms with Crippen LogP contribution in [0.5, 0.6) is 5.75 Å². The van der Waals surface area contributed by atoms with Crippen LogP contribution in [0.1, 0.15) is 5.56 Å². The Bertz CT molecular complexity index is 725. The first-order chi connectivity index (χ1) is 13.7. The molecule has 9 N–H and O–H groups in total. The minimum absolute atomic E-state index is 0.00792. The predicted octanol–water partition coefficient (Wildman–Crippen LogP) is -3.58. The summed E-state index contributed by atoms with van der Waals surface area (Å²) >= 11 is 0. The average molecular weight is 412 g/mol. The molecule has 0 aliphatic carbocycles. The first kappa shape index (κ1) is 23.8. The molecule has 0 bridgehead atoms. The number of rotatable bonds is 11. The van der Waals surface area contributed by atoms with Gasteiger partial charge >= 0.3 is 5.97 Å². The molecule has 3 unspecified atom stereocenters. The molecular weight excluding hydrogens is 388 g/mol. The Hall–Kier alpha value is -3.22. The van der Waals surface area contributed by atoms with Crippen molar-refractivity contribution in [2.75, 3.05) is 19.8 Å². The van der Waals surface area contributed by atoms with Crippen LogP contribution >= 0.6 is 0 Å². The summed E-state index contributed by atoms with van der Waals surface area (Å²) in [5.74, 6) is -3.84. The van der Waals surface area contributed by atoms with Crippen LogP contribution < -0.4 is 21.7 Å². The van der Waals surface area contributed by atoms with E-state index in [0.717, 1.165) is 0 Å². The Balaban J connectivity index is 2.78. The molecule has 12 nitrogen and oxygen atoms in total. The Labute approximate surface area is 165 Å². The lowest BCUT2D eigenvalue weighted by Gasteiger charge is -2.20. The van der Waals surface area contributed by atoms with Gasteiger partial charge in [0.15, 0.2) is 0 Å². The van der Waals surface area contributed by atoms with Crippen molar-refractivity contribution in [1.82, 2.24) is 16.0 Å². The van der Waals surface area contributed by atoms with Crippen LogP contribution in [-0.2, 0) is 25.6 Å². The average Bonchev–Trinajstić information content (AvgIpc) is 2.70. The second-order valence-corrected chi connectivity index (χ2v) is 6.08. The molecular formula is C17H24N4O8. The Kier molecular flexibility index (Phi) is 9.51. The second-order valence-electron chi connectivity index (χ2n) is 6.08. The number of aliphatic hydroxyl groups excluding tert-OH is 2. The number of carbonyl (C=O) groups is 4. The molecule has 1 aromatic carbocycles. The van der Waals surface area contributed by atoms with Crippen LogP contribution in [0.25, 0.3) is 0 Å². The van der Waals surface area contributed by atoms with Crippen molar-refractivity contribution < 1.29 is 39.6 Å². The fourth-order valence-electron chi connectivity index (χ4n) is 2.16. The quantitative estimate of drug-likeness (QED) is 0.180. The van der Waals surface area contributed by atoms with Crippen LogP contribution in [0.15, 0.2) is 24.3 Å². The number of carbonyl (C=O) groups excluding carboxylic acids is 3. The topological polar surface area (TPSA) is 211 Å². The van der Waals surface area contributed by atoms with E-state index in [4.69, 9.17) is 21.1 Å². The van der Waals surface area contributed by atoms with Gasteiger partial charge in [0.1, 0.15) is 23.9 Å². The van der Waals surface area contributed by atoms with Gasteiger partial charge in [-0.1, -0.05) is 12.1 Å². The maximum atomic E-state index is 12.4. The van der Waals surface area contributed by atoms with E-state index in [1.165, 1.54) is 24.3 Å². The van der Waals surface area contributed by atoms with Crippen molar-refractivity contribution in [3.8, 4) is 5.75 Å². The molecule has 1 rings (SSSR count). The smallest absolute Gasteiger partial charge is 0.328 e. The largest absolute Gasteiger partial charge is 0.508 e. The first-order valence-corrected chi connectivity index (χ1v) is 8.53. The van der Waals surface area contributed by atoms with Gasteiger partial charge in [-0.2, -0.15) is 0 Å². The van der Waals surface area contributed by atoms with E-state index < -0.39 is 61.6 Å². The number of benzene rings is 1. The molecule has 0 radical (unpaired) electrons. The molecule has 0 saturated carbocycles. The van der Waals surface area contributed by atoms with Crippen LogP contribution in [-0.4, -0.2) is 82.0 Å². The third-order valence-corrected chi connectivity index (χ3v) is 3.78. The zero-order chi connectivity index (χ0) is 22.0. The lowest BCUT2D eigenvalue weighted by atomic mass is 10.0. The third-order valence-electron chi connectivity index (χ3n) is 3.78. The van der Waals surface area contributed by atoms with E-state index in [1.54, 1.807) is 0 Å². The number of carboxylic acids is 1. The summed E-state index contributed by atoms with van der Waals surface area (Å²) in [5, 5.41) is 42.6. The van der Waals surface area contributed by atoms with Crippen LogP contribution in [0, 0.1) is 0 Å². The maximum Gasteiger partial charge on any atom is 0.328 e. The molecule has 0 aromatic heterocycles. The summed E-state index contributed by atoms with van der Waals surface area (Å²) in [5.41, 5.74) is 6.01. The molecule has 160 valence electrons.